The van der Waals surface area contributed by atoms with E-state index in [4.69, 9.17) is 30.6 Å². The Labute approximate surface area is 118 Å². The zero-order valence-electron chi connectivity index (χ0n) is 10.5. The quantitative estimate of drug-likeness (QED) is 0.672. The van der Waals surface area contributed by atoms with E-state index in [0.29, 0.717) is 29.4 Å². The molecule has 0 aliphatic rings. The lowest BCUT2D eigenvalue weighted by Crippen LogP contribution is -2.13. The van der Waals surface area contributed by atoms with Crippen LogP contribution in [0.4, 0.5) is 0 Å². The van der Waals surface area contributed by atoms with Crippen LogP contribution in [0.3, 0.4) is 0 Å². The molecular formula is C13H11ClO6. The summed E-state index contributed by atoms with van der Waals surface area (Å²) >= 11 is 6.02. The first-order valence-corrected chi connectivity index (χ1v) is 6.03. The first-order chi connectivity index (χ1) is 9.52. The average Bonchev–Trinajstić information content (AvgIpc) is 2.39. The van der Waals surface area contributed by atoms with Crippen LogP contribution in [0.1, 0.15) is 10.4 Å². The van der Waals surface area contributed by atoms with Gasteiger partial charge >= 0.3 is 11.6 Å². The molecule has 2 aromatic rings. The topological polar surface area (TPSA) is 86.0 Å². The van der Waals surface area contributed by atoms with Crippen LogP contribution in [0.2, 0.25) is 5.02 Å². The Bertz CT molecular complexity index is 706. The van der Waals surface area contributed by atoms with Crippen LogP contribution >= 0.6 is 11.6 Å². The molecule has 0 saturated heterocycles. The summed E-state index contributed by atoms with van der Waals surface area (Å²) in [4.78, 5) is 22.4. The van der Waals surface area contributed by atoms with E-state index in [1.165, 1.54) is 25.3 Å². The van der Waals surface area contributed by atoms with E-state index in [2.05, 4.69) is 0 Å². The van der Waals surface area contributed by atoms with Gasteiger partial charge in [-0.2, -0.15) is 0 Å². The molecule has 0 bridgehead atoms. The van der Waals surface area contributed by atoms with Crippen molar-refractivity contribution in [2.75, 3.05) is 20.3 Å². The number of rotatable bonds is 5. The molecule has 106 valence electrons. The number of carboxylic acid groups (broad SMARTS) is 1. The number of halogens is 1. The second kappa shape index (κ2) is 5.94. The monoisotopic (exact) mass is 298 g/mol. The van der Waals surface area contributed by atoms with Crippen molar-refractivity contribution >= 4 is 28.5 Å². The number of benzene rings is 1. The van der Waals surface area contributed by atoms with Crippen LogP contribution in [0.5, 0.6) is 5.75 Å². The molecule has 20 heavy (non-hydrogen) atoms. The van der Waals surface area contributed by atoms with Gasteiger partial charge in [-0.25, -0.2) is 9.59 Å². The molecule has 0 atom stereocenters. The fourth-order valence-electron chi connectivity index (χ4n) is 1.62. The standard InChI is InChI=1S/C13H11ClO6/c1-18-2-3-19-11-6-10-7(5-9(11)14)4-8(12(15)16)13(17)20-10/h4-6H,2-3H2,1H3,(H,15,16). The van der Waals surface area contributed by atoms with Crippen molar-refractivity contribution in [3.05, 3.63) is 39.2 Å². The van der Waals surface area contributed by atoms with Crippen molar-refractivity contribution in [3.8, 4) is 5.75 Å². The van der Waals surface area contributed by atoms with Gasteiger partial charge in [0.1, 0.15) is 23.5 Å². The number of hydrogen-bond acceptors (Lipinski definition) is 5. The maximum atomic E-state index is 11.5. The Balaban J connectivity index is 2.46. The summed E-state index contributed by atoms with van der Waals surface area (Å²) in [5.74, 6) is -1.01. The average molecular weight is 299 g/mol. The Morgan fingerprint density at radius 2 is 2.10 bits per heavy atom. The number of carboxylic acids is 1. The SMILES string of the molecule is COCCOc1cc2oc(=O)c(C(=O)O)cc2cc1Cl. The van der Waals surface area contributed by atoms with Crippen LogP contribution in [-0.2, 0) is 4.74 Å². The molecule has 1 aromatic heterocycles. The number of hydrogen-bond donors (Lipinski definition) is 1. The van der Waals surface area contributed by atoms with Gasteiger partial charge in [-0.3, -0.25) is 0 Å². The third-order valence-corrected chi connectivity index (χ3v) is 2.86. The van der Waals surface area contributed by atoms with Crippen molar-refractivity contribution in [3.63, 3.8) is 0 Å². The molecule has 0 aliphatic carbocycles. The summed E-state index contributed by atoms with van der Waals surface area (Å²) in [7, 11) is 1.54. The van der Waals surface area contributed by atoms with Gasteiger partial charge in [-0.1, -0.05) is 11.6 Å². The highest BCUT2D eigenvalue weighted by Gasteiger charge is 2.14. The van der Waals surface area contributed by atoms with E-state index in [1.54, 1.807) is 0 Å². The second-order valence-electron chi connectivity index (χ2n) is 3.91. The number of aromatic carboxylic acids is 1. The minimum Gasteiger partial charge on any atom is -0.489 e. The molecule has 0 spiro atoms. The minimum absolute atomic E-state index is 0.205. The molecule has 2 rings (SSSR count). The Kier molecular flexibility index (Phi) is 4.26. The fourth-order valence-corrected chi connectivity index (χ4v) is 1.84. The third-order valence-electron chi connectivity index (χ3n) is 2.56. The van der Waals surface area contributed by atoms with Crippen LogP contribution < -0.4 is 10.4 Å². The molecule has 7 heteroatoms. The predicted molar refractivity (Wildman–Crippen MR) is 71.8 cm³/mol. The Hall–Kier alpha value is -2.05. The van der Waals surface area contributed by atoms with Gasteiger partial charge in [0.05, 0.1) is 11.6 Å². The molecule has 0 radical (unpaired) electrons. The number of fused-ring (bicyclic) bond motifs is 1. The van der Waals surface area contributed by atoms with Crippen molar-refractivity contribution < 1.29 is 23.8 Å². The van der Waals surface area contributed by atoms with Gasteiger partial charge in [-0.05, 0) is 12.1 Å². The summed E-state index contributed by atoms with van der Waals surface area (Å²) in [6.07, 6.45) is 0. The van der Waals surface area contributed by atoms with E-state index in [0.717, 1.165) is 0 Å². The summed E-state index contributed by atoms with van der Waals surface area (Å²) in [6.45, 7) is 0.676. The first-order valence-electron chi connectivity index (χ1n) is 5.65. The minimum atomic E-state index is -1.35. The van der Waals surface area contributed by atoms with E-state index in [1.807, 2.05) is 0 Å². The van der Waals surface area contributed by atoms with Crippen LogP contribution in [0.25, 0.3) is 11.0 Å². The van der Waals surface area contributed by atoms with E-state index < -0.39 is 17.2 Å². The zero-order chi connectivity index (χ0) is 14.7. The summed E-state index contributed by atoms with van der Waals surface area (Å²) in [6, 6.07) is 4.14. The summed E-state index contributed by atoms with van der Waals surface area (Å²) in [5, 5.41) is 9.56. The fraction of sp³-hybridized carbons (Fsp3) is 0.231. The molecule has 1 aromatic carbocycles. The maximum Gasteiger partial charge on any atom is 0.351 e. The largest absolute Gasteiger partial charge is 0.489 e. The molecule has 1 heterocycles. The number of methoxy groups -OCH3 is 1. The van der Waals surface area contributed by atoms with Crippen molar-refractivity contribution in [1.29, 1.82) is 0 Å². The maximum absolute atomic E-state index is 11.5. The van der Waals surface area contributed by atoms with Crippen molar-refractivity contribution in [1.82, 2.24) is 0 Å². The first kappa shape index (κ1) is 14.4. The van der Waals surface area contributed by atoms with Crippen LogP contribution in [0, 0.1) is 0 Å². The summed E-state index contributed by atoms with van der Waals surface area (Å²) < 4.78 is 15.2. The molecule has 0 amide bonds. The molecular weight excluding hydrogens is 288 g/mol. The van der Waals surface area contributed by atoms with Gasteiger partial charge in [-0.15, -0.1) is 0 Å². The Morgan fingerprint density at radius 1 is 1.35 bits per heavy atom. The summed E-state index contributed by atoms with van der Waals surface area (Å²) in [5.41, 5.74) is -1.16. The van der Waals surface area contributed by atoms with E-state index in [9.17, 15) is 9.59 Å². The second-order valence-corrected chi connectivity index (χ2v) is 4.32. The van der Waals surface area contributed by atoms with Crippen LogP contribution in [0.15, 0.2) is 27.4 Å². The zero-order valence-corrected chi connectivity index (χ0v) is 11.3. The highest BCUT2D eigenvalue weighted by atomic mass is 35.5. The lowest BCUT2D eigenvalue weighted by atomic mass is 10.2. The number of ether oxygens (including phenoxy) is 2. The molecule has 1 N–H and O–H groups in total. The van der Waals surface area contributed by atoms with Crippen molar-refractivity contribution in [2.24, 2.45) is 0 Å². The molecule has 0 aliphatic heterocycles. The number of carbonyl (C=O) groups is 1. The smallest absolute Gasteiger partial charge is 0.351 e. The van der Waals surface area contributed by atoms with Gasteiger partial charge < -0.3 is 19.0 Å². The van der Waals surface area contributed by atoms with Gasteiger partial charge in [0.15, 0.2) is 0 Å². The lowest BCUT2D eigenvalue weighted by Gasteiger charge is -2.08. The molecule has 0 unspecified atom stereocenters. The lowest BCUT2D eigenvalue weighted by molar-refractivity contribution is 0.0692. The highest BCUT2D eigenvalue weighted by molar-refractivity contribution is 6.32. The molecule has 6 nitrogen and oxygen atoms in total. The van der Waals surface area contributed by atoms with Gasteiger partial charge in [0, 0.05) is 18.6 Å². The highest BCUT2D eigenvalue weighted by Crippen LogP contribution is 2.29. The third kappa shape index (κ3) is 2.92. The van der Waals surface area contributed by atoms with E-state index >= 15 is 0 Å². The van der Waals surface area contributed by atoms with E-state index in [-0.39, 0.29) is 5.58 Å². The predicted octanol–water partition coefficient (Wildman–Crippen LogP) is 2.17. The molecule has 0 saturated carbocycles. The normalized spacial score (nSPS) is 10.7. The molecule has 0 fully saturated rings. The van der Waals surface area contributed by atoms with Gasteiger partial charge in [0.2, 0.25) is 0 Å². The Morgan fingerprint density at radius 3 is 2.75 bits per heavy atom. The van der Waals surface area contributed by atoms with Crippen molar-refractivity contribution in [2.45, 2.75) is 0 Å². The van der Waals surface area contributed by atoms with Crippen LogP contribution in [-0.4, -0.2) is 31.4 Å². The van der Waals surface area contributed by atoms with Gasteiger partial charge in [0.25, 0.3) is 0 Å².